The van der Waals surface area contributed by atoms with Gasteiger partial charge in [0.25, 0.3) is 0 Å². The number of hydrogen-bond donors (Lipinski definition) is 2. The molecule has 4 nitrogen and oxygen atoms in total. The highest BCUT2D eigenvalue weighted by atomic mass is 16.6. The van der Waals surface area contributed by atoms with Crippen molar-refractivity contribution in [2.45, 2.75) is 83.5 Å². The number of aliphatic hydroxyl groups is 1. The first-order chi connectivity index (χ1) is 8.02. The molecule has 0 unspecified atom stereocenters. The van der Waals surface area contributed by atoms with E-state index in [1.165, 1.54) is 0 Å². The first-order valence-corrected chi connectivity index (χ1v) is 6.75. The third-order valence-corrected chi connectivity index (χ3v) is 3.10. The van der Waals surface area contributed by atoms with Crippen LogP contribution in [-0.4, -0.2) is 27.9 Å². The van der Waals surface area contributed by atoms with Gasteiger partial charge >= 0.3 is 6.09 Å². The van der Waals surface area contributed by atoms with E-state index in [9.17, 15) is 9.90 Å². The van der Waals surface area contributed by atoms with Gasteiger partial charge in [-0.05, 0) is 53.9 Å². The second-order valence-electron chi connectivity index (χ2n) is 7.10. The molecule has 106 valence electrons. The van der Waals surface area contributed by atoms with Gasteiger partial charge in [0.2, 0.25) is 0 Å². The Balaban J connectivity index is 2.66. The predicted octanol–water partition coefficient (Wildman–Crippen LogP) is 2.98. The summed E-state index contributed by atoms with van der Waals surface area (Å²) in [5.41, 5.74) is -1.57. The van der Waals surface area contributed by atoms with Crippen LogP contribution < -0.4 is 5.32 Å². The van der Waals surface area contributed by atoms with Gasteiger partial charge < -0.3 is 15.2 Å². The molecule has 0 spiro atoms. The molecule has 0 aromatic heterocycles. The zero-order chi connectivity index (χ0) is 14.0. The molecular formula is C14H27NO3. The molecule has 1 fully saturated rings. The van der Waals surface area contributed by atoms with Crippen LogP contribution in [0.15, 0.2) is 0 Å². The zero-order valence-corrected chi connectivity index (χ0v) is 12.3. The van der Waals surface area contributed by atoms with Gasteiger partial charge in [-0.15, -0.1) is 0 Å². The lowest BCUT2D eigenvalue weighted by molar-refractivity contribution is 0.0216. The van der Waals surface area contributed by atoms with E-state index in [1.807, 2.05) is 20.8 Å². The van der Waals surface area contributed by atoms with Crippen molar-refractivity contribution >= 4 is 6.09 Å². The van der Waals surface area contributed by atoms with E-state index in [0.29, 0.717) is 6.42 Å². The number of carbonyl (C=O) groups is 1. The van der Waals surface area contributed by atoms with E-state index in [1.54, 1.807) is 13.8 Å². The molecule has 1 amide bonds. The highest BCUT2D eigenvalue weighted by Gasteiger charge is 2.40. The largest absolute Gasteiger partial charge is 0.444 e. The van der Waals surface area contributed by atoms with Crippen LogP contribution in [0.2, 0.25) is 0 Å². The maximum absolute atomic E-state index is 11.9. The summed E-state index contributed by atoms with van der Waals surface area (Å²) in [6.07, 6.45) is 4.19. The predicted molar refractivity (Wildman–Crippen MR) is 71.5 cm³/mol. The fraction of sp³-hybridized carbons (Fsp3) is 0.929. The molecule has 1 saturated carbocycles. The summed E-state index contributed by atoms with van der Waals surface area (Å²) in [4.78, 5) is 11.9. The SMILES string of the molecule is CC(C)(O)CC1(NC(=O)OC(C)(C)C)CCCC1. The van der Waals surface area contributed by atoms with Crippen LogP contribution in [0.3, 0.4) is 0 Å². The second-order valence-corrected chi connectivity index (χ2v) is 7.10. The van der Waals surface area contributed by atoms with Crippen LogP contribution in [0.25, 0.3) is 0 Å². The summed E-state index contributed by atoms with van der Waals surface area (Å²) in [5.74, 6) is 0. The maximum atomic E-state index is 11.9. The Morgan fingerprint density at radius 1 is 1.22 bits per heavy atom. The number of ether oxygens (including phenoxy) is 1. The fourth-order valence-corrected chi connectivity index (χ4v) is 2.75. The lowest BCUT2D eigenvalue weighted by atomic mass is 9.85. The molecule has 0 aromatic carbocycles. The Bertz CT molecular complexity index is 293. The van der Waals surface area contributed by atoms with Gasteiger partial charge in [-0.25, -0.2) is 4.79 Å². The molecule has 2 N–H and O–H groups in total. The van der Waals surface area contributed by atoms with Crippen LogP contribution in [0.4, 0.5) is 4.79 Å². The Morgan fingerprint density at radius 3 is 2.11 bits per heavy atom. The van der Waals surface area contributed by atoms with E-state index >= 15 is 0 Å². The standard InChI is InChI=1S/C14H27NO3/c1-12(2,3)18-11(16)15-14(8-6-7-9-14)10-13(4,5)17/h17H,6-10H2,1-5H3,(H,15,16). The second kappa shape index (κ2) is 5.08. The highest BCUT2D eigenvalue weighted by Crippen LogP contribution is 2.36. The molecule has 0 atom stereocenters. The van der Waals surface area contributed by atoms with E-state index in [2.05, 4.69) is 5.32 Å². The molecule has 0 saturated heterocycles. The topological polar surface area (TPSA) is 58.6 Å². The molecule has 0 bridgehead atoms. The fourth-order valence-electron chi connectivity index (χ4n) is 2.75. The van der Waals surface area contributed by atoms with E-state index in [-0.39, 0.29) is 11.6 Å². The molecule has 1 rings (SSSR count). The van der Waals surface area contributed by atoms with Crippen molar-refractivity contribution in [2.75, 3.05) is 0 Å². The van der Waals surface area contributed by atoms with Gasteiger partial charge in [-0.3, -0.25) is 0 Å². The van der Waals surface area contributed by atoms with E-state index < -0.39 is 11.2 Å². The Morgan fingerprint density at radius 2 is 1.72 bits per heavy atom. The minimum Gasteiger partial charge on any atom is -0.444 e. The monoisotopic (exact) mass is 257 g/mol. The molecule has 4 heteroatoms. The first-order valence-electron chi connectivity index (χ1n) is 6.75. The van der Waals surface area contributed by atoms with Crippen LogP contribution >= 0.6 is 0 Å². The maximum Gasteiger partial charge on any atom is 0.408 e. The van der Waals surface area contributed by atoms with Crippen molar-refractivity contribution in [1.82, 2.24) is 5.32 Å². The lowest BCUT2D eigenvalue weighted by Crippen LogP contribution is -2.51. The molecular weight excluding hydrogens is 230 g/mol. The van der Waals surface area contributed by atoms with Crippen LogP contribution in [-0.2, 0) is 4.74 Å². The van der Waals surface area contributed by atoms with E-state index in [4.69, 9.17) is 4.74 Å². The number of amides is 1. The third-order valence-electron chi connectivity index (χ3n) is 3.10. The first kappa shape index (κ1) is 15.3. The minimum absolute atomic E-state index is 0.305. The number of hydrogen-bond acceptors (Lipinski definition) is 3. The van der Waals surface area contributed by atoms with Gasteiger partial charge in [-0.2, -0.15) is 0 Å². The average Bonchev–Trinajstić information content (AvgIpc) is 2.44. The van der Waals surface area contributed by atoms with Crippen molar-refractivity contribution in [1.29, 1.82) is 0 Å². The molecule has 0 radical (unpaired) electrons. The zero-order valence-electron chi connectivity index (χ0n) is 12.3. The molecule has 18 heavy (non-hydrogen) atoms. The molecule has 1 aliphatic rings. The van der Waals surface area contributed by atoms with Gasteiger partial charge in [0.15, 0.2) is 0 Å². The summed E-state index contributed by atoms with van der Waals surface area (Å²) >= 11 is 0. The highest BCUT2D eigenvalue weighted by molar-refractivity contribution is 5.68. The van der Waals surface area contributed by atoms with Gasteiger partial charge in [0.1, 0.15) is 5.60 Å². The van der Waals surface area contributed by atoms with Gasteiger partial charge in [0, 0.05) is 5.54 Å². The summed E-state index contributed by atoms with van der Waals surface area (Å²) in [6, 6.07) is 0. The summed E-state index contributed by atoms with van der Waals surface area (Å²) in [6.45, 7) is 9.12. The van der Waals surface area contributed by atoms with Crippen molar-refractivity contribution < 1.29 is 14.6 Å². The number of alkyl carbamates (subject to hydrolysis) is 1. The molecule has 1 aliphatic carbocycles. The Hall–Kier alpha value is -0.770. The average molecular weight is 257 g/mol. The van der Waals surface area contributed by atoms with Crippen LogP contribution in [0.1, 0.15) is 66.7 Å². The number of rotatable bonds is 3. The normalized spacial score (nSPS) is 19.7. The summed E-state index contributed by atoms with van der Waals surface area (Å²) in [7, 11) is 0. The van der Waals surface area contributed by atoms with E-state index in [0.717, 1.165) is 25.7 Å². The summed E-state index contributed by atoms with van der Waals surface area (Å²) < 4.78 is 5.31. The lowest BCUT2D eigenvalue weighted by Gasteiger charge is -2.36. The Labute approximate surface area is 110 Å². The van der Waals surface area contributed by atoms with Crippen molar-refractivity contribution in [2.24, 2.45) is 0 Å². The third kappa shape index (κ3) is 5.25. The molecule has 0 aliphatic heterocycles. The number of carbonyl (C=O) groups excluding carboxylic acids is 1. The van der Waals surface area contributed by atoms with Crippen LogP contribution in [0, 0.1) is 0 Å². The van der Waals surface area contributed by atoms with Gasteiger partial charge in [-0.1, -0.05) is 12.8 Å². The van der Waals surface area contributed by atoms with Crippen LogP contribution in [0.5, 0.6) is 0 Å². The minimum atomic E-state index is -0.778. The molecule has 0 heterocycles. The van der Waals surface area contributed by atoms with Crippen molar-refractivity contribution in [3.63, 3.8) is 0 Å². The smallest absolute Gasteiger partial charge is 0.408 e. The quantitative estimate of drug-likeness (QED) is 0.817. The summed E-state index contributed by atoms with van der Waals surface area (Å²) in [5, 5.41) is 13.0. The number of nitrogens with one attached hydrogen (secondary N) is 1. The van der Waals surface area contributed by atoms with Crippen molar-refractivity contribution in [3.05, 3.63) is 0 Å². The van der Waals surface area contributed by atoms with Gasteiger partial charge in [0.05, 0.1) is 5.60 Å². The Kier molecular flexibility index (Phi) is 4.31. The molecule has 0 aromatic rings. The van der Waals surface area contributed by atoms with Crippen molar-refractivity contribution in [3.8, 4) is 0 Å².